The third-order valence-corrected chi connectivity index (χ3v) is 7.13. The Morgan fingerprint density at radius 1 is 1.15 bits per heavy atom. The molecule has 6 nitrogen and oxygen atoms in total. The number of likely N-dealkylation sites (tertiary alicyclic amines) is 1. The lowest BCUT2D eigenvalue weighted by Gasteiger charge is -2.45. The van der Waals surface area contributed by atoms with Gasteiger partial charge in [-0.1, -0.05) is 58.9 Å². The average Bonchev–Trinajstić information content (AvgIpc) is 2.72. The van der Waals surface area contributed by atoms with Crippen molar-refractivity contribution in [2.24, 2.45) is 17.3 Å². The fourth-order valence-corrected chi connectivity index (χ4v) is 5.14. The Labute approximate surface area is 204 Å². The van der Waals surface area contributed by atoms with Gasteiger partial charge in [-0.05, 0) is 60.1 Å². The monoisotopic (exact) mass is 482 g/mol. The molecular weight excluding hydrogens is 440 g/mol. The van der Waals surface area contributed by atoms with Crippen molar-refractivity contribution in [3.05, 3.63) is 34.9 Å². The molecule has 188 valence electrons. The summed E-state index contributed by atoms with van der Waals surface area (Å²) in [6.07, 6.45) is 3.21. The molecule has 2 aliphatic heterocycles. The molecule has 2 fully saturated rings. The molecule has 0 spiro atoms. The summed E-state index contributed by atoms with van der Waals surface area (Å²) in [5.41, 5.74) is 1.21. The molecule has 3 rings (SSSR count). The summed E-state index contributed by atoms with van der Waals surface area (Å²) in [5, 5.41) is 3.79. The van der Waals surface area contributed by atoms with E-state index in [4.69, 9.17) is 16.3 Å². The molecule has 1 unspecified atom stereocenters. The maximum Gasteiger partial charge on any atom is 0.245 e. The molecule has 7 heteroatoms. The number of rotatable bonds is 6. The molecule has 3 N–H and O–H groups in total. The normalized spacial score (nSPS) is 21.5. The highest BCUT2D eigenvalue weighted by atomic mass is 35.5. The number of nitrogens with one attached hydrogen (secondary N) is 1. The average molecular weight is 483 g/mol. The van der Waals surface area contributed by atoms with Gasteiger partial charge in [0, 0.05) is 37.7 Å². The van der Waals surface area contributed by atoms with E-state index in [-0.39, 0.29) is 36.1 Å². The number of ether oxygens (including phenoxy) is 1. The van der Waals surface area contributed by atoms with Gasteiger partial charge in [-0.2, -0.15) is 0 Å². The van der Waals surface area contributed by atoms with Crippen LogP contribution >= 0.6 is 11.6 Å². The van der Waals surface area contributed by atoms with Crippen molar-refractivity contribution in [1.29, 1.82) is 0 Å². The van der Waals surface area contributed by atoms with Gasteiger partial charge in [-0.15, -0.1) is 0 Å². The molecule has 0 bridgehead atoms. The van der Waals surface area contributed by atoms with Crippen LogP contribution in [-0.4, -0.2) is 54.5 Å². The van der Waals surface area contributed by atoms with Crippen LogP contribution in [-0.2, 0) is 14.3 Å². The smallest absolute Gasteiger partial charge is 0.245 e. The number of nitrogens with zero attached hydrogens (tertiary/aromatic N) is 1. The van der Waals surface area contributed by atoms with E-state index in [1.165, 1.54) is 5.56 Å². The first kappa shape index (κ1) is 29.4. The van der Waals surface area contributed by atoms with E-state index in [9.17, 15) is 9.59 Å². The van der Waals surface area contributed by atoms with Gasteiger partial charge in [-0.25, -0.2) is 0 Å². The third-order valence-electron chi connectivity index (χ3n) is 6.88. The van der Waals surface area contributed by atoms with Gasteiger partial charge in [0.1, 0.15) is 6.04 Å². The minimum atomic E-state index is -0.477. The fourth-order valence-electron chi connectivity index (χ4n) is 5.01. The molecule has 0 saturated carbocycles. The van der Waals surface area contributed by atoms with Crippen LogP contribution in [0.15, 0.2) is 24.3 Å². The lowest BCUT2D eigenvalue weighted by Crippen LogP contribution is -2.56. The summed E-state index contributed by atoms with van der Waals surface area (Å²) in [5.74, 6) is 0.788. The van der Waals surface area contributed by atoms with Crippen molar-refractivity contribution in [1.82, 2.24) is 10.2 Å². The second-order valence-corrected chi connectivity index (χ2v) is 10.6. The Kier molecular flexibility index (Phi) is 11.3. The molecule has 1 aromatic rings. The summed E-state index contributed by atoms with van der Waals surface area (Å²) < 4.78 is 5.39. The SMILES string of the molecule is C.CC(C)[C@@H](NC(=O)CC1CCOCC1)C(=O)N1CCC(c2ccc(Cl)cc2)C(C)(C)C1.O. The summed E-state index contributed by atoms with van der Waals surface area (Å²) in [7, 11) is 0. The van der Waals surface area contributed by atoms with Crippen LogP contribution in [0.3, 0.4) is 0 Å². The van der Waals surface area contributed by atoms with Crippen molar-refractivity contribution < 1.29 is 19.8 Å². The van der Waals surface area contributed by atoms with E-state index >= 15 is 0 Å². The molecule has 2 aliphatic rings. The van der Waals surface area contributed by atoms with E-state index in [0.717, 1.165) is 37.5 Å². The maximum absolute atomic E-state index is 13.4. The minimum absolute atomic E-state index is 0. The number of piperidine rings is 1. The molecule has 2 atom stereocenters. The van der Waals surface area contributed by atoms with Crippen LogP contribution in [0, 0.1) is 17.3 Å². The van der Waals surface area contributed by atoms with Crippen LogP contribution < -0.4 is 5.32 Å². The summed E-state index contributed by atoms with van der Waals surface area (Å²) in [6.45, 7) is 11.3. The van der Waals surface area contributed by atoms with Crippen LogP contribution in [0.5, 0.6) is 0 Å². The van der Waals surface area contributed by atoms with Crippen LogP contribution in [0.4, 0.5) is 0 Å². The first-order valence-electron chi connectivity index (χ1n) is 11.6. The topological polar surface area (TPSA) is 90.1 Å². The van der Waals surface area contributed by atoms with Gasteiger partial charge >= 0.3 is 0 Å². The highest BCUT2D eigenvalue weighted by molar-refractivity contribution is 6.30. The molecule has 2 amide bonds. The third kappa shape index (κ3) is 7.69. The van der Waals surface area contributed by atoms with E-state index < -0.39 is 6.04 Å². The van der Waals surface area contributed by atoms with Gasteiger partial charge in [0.25, 0.3) is 0 Å². The predicted octanol–water partition coefficient (Wildman–Crippen LogP) is 4.45. The lowest BCUT2D eigenvalue weighted by molar-refractivity contribution is -0.141. The molecule has 2 heterocycles. The number of amides is 2. The number of halogens is 1. The Morgan fingerprint density at radius 2 is 1.76 bits per heavy atom. The largest absolute Gasteiger partial charge is 0.412 e. The summed E-state index contributed by atoms with van der Waals surface area (Å²) >= 11 is 6.06. The van der Waals surface area contributed by atoms with E-state index in [1.807, 2.05) is 30.9 Å². The first-order chi connectivity index (χ1) is 14.7. The second-order valence-electron chi connectivity index (χ2n) is 10.2. The zero-order chi connectivity index (χ0) is 22.6. The maximum atomic E-state index is 13.4. The summed E-state index contributed by atoms with van der Waals surface area (Å²) in [6, 6.07) is 7.59. The summed E-state index contributed by atoms with van der Waals surface area (Å²) in [4.78, 5) is 28.0. The quantitative estimate of drug-likeness (QED) is 0.649. The van der Waals surface area contributed by atoms with Crippen LogP contribution in [0.1, 0.15) is 72.3 Å². The molecular formula is C26H43ClN2O4. The van der Waals surface area contributed by atoms with Crippen molar-refractivity contribution in [3.8, 4) is 0 Å². The van der Waals surface area contributed by atoms with Crippen molar-refractivity contribution in [3.63, 3.8) is 0 Å². The molecule has 0 aliphatic carbocycles. The minimum Gasteiger partial charge on any atom is -0.412 e. The number of hydrogen-bond donors (Lipinski definition) is 1. The van der Waals surface area contributed by atoms with E-state index in [0.29, 0.717) is 31.3 Å². The van der Waals surface area contributed by atoms with Gasteiger partial charge in [0.15, 0.2) is 0 Å². The van der Waals surface area contributed by atoms with Gasteiger partial charge in [-0.3, -0.25) is 9.59 Å². The van der Waals surface area contributed by atoms with Crippen molar-refractivity contribution >= 4 is 23.4 Å². The molecule has 1 aromatic carbocycles. The highest BCUT2D eigenvalue weighted by Crippen LogP contribution is 2.42. The van der Waals surface area contributed by atoms with Gasteiger partial charge in [0.05, 0.1) is 0 Å². The number of benzene rings is 1. The Balaban J connectivity index is 0.00000272. The molecule has 33 heavy (non-hydrogen) atoms. The molecule has 0 aromatic heterocycles. The predicted molar refractivity (Wildman–Crippen MR) is 134 cm³/mol. The number of carbonyl (C=O) groups excluding carboxylic acids is 2. The van der Waals surface area contributed by atoms with Crippen molar-refractivity contribution in [2.75, 3.05) is 26.3 Å². The molecule has 0 radical (unpaired) electrons. The Bertz CT molecular complexity index is 760. The van der Waals surface area contributed by atoms with Gasteiger partial charge in [0.2, 0.25) is 11.8 Å². The Hall–Kier alpha value is -1.63. The number of carbonyl (C=O) groups is 2. The second kappa shape index (κ2) is 12.7. The van der Waals surface area contributed by atoms with Crippen LogP contribution in [0.25, 0.3) is 0 Å². The van der Waals surface area contributed by atoms with E-state index in [2.05, 4.69) is 31.3 Å². The zero-order valence-electron chi connectivity index (χ0n) is 19.8. The Morgan fingerprint density at radius 3 is 2.30 bits per heavy atom. The van der Waals surface area contributed by atoms with Gasteiger partial charge < -0.3 is 20.4 Å². The van der Waals surface area contributed by atoms with Crippen LogP contribution in [0.2, 0.25) is 5.02 Å². The fraction of sp³-hybridized carbons (Fsp3) is 0.692. The first-order valence-corrected chi connectivity index (χ1v) is 12.0. The standard InChI is InChI=1S/C25H37ClN2O3.CH4.H2O/c1-17(2)23(27-22(29)15-18-10-13-31-14-11-18)24(30)28-12-9-21(25(3,4)16-28)19-5-7-20(26)8-6-19;;/h5-8,17-18,21,23H,9-16H2,1-4H3,(H,27,29);1H4;1H2/t21?,23-;;/m1../s1. The molecule has 2 saturated heterocycles. The van der Waals surface area contributed by atoms with E-state index in [1.54, 1.807) is 0 Å². The van der Waals surface area contributed by atoms with Crippen molar-refractivity contribution in [2.45, 2.75) is 72.8 Å². The number of hydrogen-bond acceptors (Lipinski definition) is 3. The highest BCUT2D eigenvalue weighted by Gasteiger charge is 2.40. The lowest BCUT2D eigenvalue weighted by atomic mass is 9.70. The zero-order valence-corrected chi connectivity index (χ0v) is 20.6.